The van der Waals surface area contributed by atoms with Gasteiger partial charge in [-0.3, -0.25) is 0 Å². The third-order valence-corrected chi connectivity index (χ3v) is 9.45. The Morgan fingerprint density at radius 2 is 0.973 bits per heavy atom. The minimum absolute atomic E-state index is 0.121. The fourth-order valence-corrected chi connectivity index (χ4v) is 6.82. The van der Waals surface area contributed by atoms with Gasteiger partial charge in [-0.25, -0.2) is 0 Å². The average molecular weight is 503 g/mol. The normalized spacial score (nSPS) is 16.4. The van der Waals surface area contributed by atoms with Crippen molar-refractivity contribution in [1.29, 1.82) is 0 Å². The minimum Gasteiger partial charge on any atom is -0.0654 e. The Balaban J connectivity index is 2.31. The predicted molar refractivity (Wildman–Crippen MR) is 166 cm³/mol. The van der Waals surface area contributed by atoms with Crippen molar-refractivity contribution in [3.8, 4) is 11.1 Å². The van der Waals surface area contributed by atoms with Crippen molar-refractivity contribution in [1.82, 2.24) is 0 Å². The molecule has 0 radical (unpaired) electrons. The van der Waals surface area contributed by atoms with Crippen LogP contribution in [-0.2, 0) is 16.2 Å². The van der Waals surface area contributed by atoms with Gasteiger partial charge in [0.05, 0.1) is 0 Å². The number of hydrogen-bond acceptors (Lipinski definition) is 0. The highest BCUT2D eigenvalue weighted by atomic mass is 14.5. The first-order chi connectivity index (χ1) is 17.4. The van der Waals surface area contributed by atoms with E-state index in [1.54, 1.807) is 11.1 Å². The first kappa shape index (κ1) is 30.0. The second kappa shape index (κ2) is 12.1. The van der Waals surface area contributed by atoms with E-state index < -0.39 is 0 Å². The Kier molecular flexibility index (Phi) is 9.80. The fraction of sp³-hybridized carbons (Fsp3) is 0.676. The van der Waals surface area contributed by atoms with Gasteiger partial charge in [0.15, 0.2) is 0 Å². The molecule has 0 saturated carbocycles. The maximum absolute atomic E-state index is 2.64. The van der Waals surface area contributed by atoms with Crippen molar-refractivity contribution in [2.24, 2.45) is 11.8 Å². The monoisotopic (exact) mass is 502 g/mol. The minimum atomic E-state index is 0.121. The lowest BCUT2D eigenvalue weighted by atomic mass is 9.64. The lowest BCUT2D eigenvalue weighted by molar-refractivity contribution is 0.265. The third-order valence-electron chi connectivity index (χ3n) is 9.45. The average Bonchev–Trinajstić information content (AvgIpc) is 3.11. The number of hydrogen-bond donors (Lipinski definition) is 0. The Morgan fingerprint density at radius 3 is 1.27 bits per heavy atom. The smallest absolute Gasteiger partial charge is 0.0220 e. The third kappa shape index (κ3) is 6.54. The van der Waals surface area contributed by atoms with E-state index in [1.165, 1.54) is 86.5 Å². The van der Waals surface area contributed by atoms with E-state index in [1.807, 2.05) is 0 Å². The molecule has 2 unspecified atom stereocenters. The number of fused-ring (bicyclic) bond motifs is 3. The molecule has 0 nitrogen and oxygen atoms in total. The molecule has 0 saturated heterocycles. The van der Waals surface area contributed by atoms with Crippen LogP contribution in [0.15, 0.2) is 36.4 Å². The largest absolute Gasteiger partial charge is 0.0654 e. The van der Waals surface area contributed by atoms with Crippen LogP contribution in [0.25, 0.3) is 11.1 Å². The summed E-state index contributed by atoms with van der Waals surface area (Å²) in [7, 11) is 0. The summed E-state index contributed by atoms with van der Waals surface area (Å²) in [5.41, 5.74) is 9.73. The molecule has 2 aromatic carbocycles. The van der Waals surface area contributed by atoms with Crippen LogP contribution in [0.4, 0.5) is 0 Å². The SMILES string of the molecule is CCCCC(CC)CC1(CC(CC)CCCC)c2cc(C(C)(C)C)ccc2-c2ccc(C(C)(C)C)cc21. The summed E-state index contributed by atoms with van der Waals surface area (Å²) >= 11 is 0. The molecule has 0 bridgehead atoms. The Hall–Kier alpha value is -1.56. The molecule has 0 aliphatic heterocycles. The highest BCUT2D eigenvalue weighted by molar-refractivity contribution is 5.82. The molecule has 0 fully saturated rings. The van der Waals surface area contributed by atoms with Crippen LogP contribution in [0.2, 0.25) is 0 Å². The van der Waals surface area contributed by atoms with E-state index in [9.17, 15) is 0 Å². The van der Waals surface area contributed by atoms with Crippen molar-refractivity contribution in [3.05, 3.63) is 58.7 Å². The summed E-state index contributed by atoms with van der Waals surface area (Å²) in [5, 5.41) is 0. The molecule has 2 atom stereocenters. The van der Waals surface area contributed by atoms with Gasteiger partial charge in [-0.2, -0.15) is 0 Å². The van der Waals surface area contributed by atoms with Gasteiger partial charge in [0.2, 0.25) is 0 Å². The van der Waals surface area contributed by atoms with E-state index in [2.05, 4.69) is 106 Å². The van der Waals surface area contributed by atoms with Gasteiger partial charge in [0.25, 0.3) is 0 Å². The van der Waals surface area contributed by atoms with Gasteiger partial charge in [-0.05, 0) is 68.9 Å². The van der Waals surface area contributed by atoms with Gasteiger partial charge in [-0.1, -0.05) is 157 Å². The van der Waals surface area contributed by atoms with E-state index in [4.69, 9.17) is 0 Å². The number of benzene rings is 2. The van der Waals surface area contributed by atoms with Crippen molar-refractivity contribution in [2.45, 2.75) is 150 Å². The lowest BCUT2D eigenvalue weighted by Crippen LogP contribution is -2.32. The first-order valence-corrected chi connectivity index (χ1v) is 15.7. The Morgan fingerprint density at radius 1 is 0.595 bits per heavy atom. The predicted octanol–water partition coefficient (Wildman–Crippen LogP) is 11.8. The molecule has 0 N–H and O–H groups in total. The molecule has 2 aromatic rings. The van der Waals surface area contributed by atoms with Crippen molar-refractivity contribution in [2.75, 3.05) is 0 Å². The summed E-state index contributed by atoms with van der Waals surface area (Å²) in [4.78, 5) is 0. The van der Waals surface area contributed by atoms with E-state index in [0.717, 1.165) is 11.8 Å². The molecule has 37 heavy (non-hydrogen) atoms. The van der Waals surface area contributed by atoms with E-state index in [-0.39, 0.29) is 16.2 Å². The molecular formula is C37H58. The van der Waals surface area contributed by atoms with Crippen LogP contribution in [0, 0.1) is 11.8 Å². The van der Waals surface area contributed by atoms with Gasteiger partial charge < -0.3 is 0 Å². The van der Waals surface area contributed by atoms with Crippen LogP contribution >= 0.6 is 0 Å². The van der Waals surface area contributed by atoms with Gasteiger partial charge in [0.1, 0.15) is 0 Å². The zero-order valence-corrected chi connectivity index (χ0v) is 26.2. The fourth-order valence-electron chi connectivity index (χ4n) is 6.82. The molecule has 3 rings (SSSR count). The summed E-state index contributed by atoms with van der Waals surface area (Å²) in [6, 6.07) is 15.1. The van der Waals surface area contributed by atoms with Gasteiger partial charge in [-0.15, -0.1) is 0 Å². The Labute approximate surface area is 231 Å². The summed E-state index contributed by atoms with van der Waals surface area (Å²) in [6.07, 6.45) is 13.2. The molecule has 0 amide bonds. The van der Waals surface area contributed by atoms with Crippen molar-refractivity contribution >= 4 is 0 Å². The van der Waals surface area contributed by atoms with Crippen LogP contribution in [0.5, 0.6) is 0 Å². The molecule has 1 aliphatic carbocycles. The van der Waals surface area contributed by atoms with Crippen LogP contribution < -0.4 is 0 Å². The van der Waals surface area contributed by atoms with E-state index >= 15 is 0 Å². The molecule has 1 aliphatic rings. The summed E-state index contributed by atoms with van der Waals surface area (Å²) < 4.78 is 0. The van der Waals surface area contributed by atoms with Crippen LogP contribution in [0.1, 0.15) is 156 Å². The Bertz CT molecular complexity index is 926. The van der Waals surface area contributed by atoms with Gasteiger partial charge >= 0.3 is 0 Å². The zero-order valence-electron chi connectivity index (χ0n) is 26.2. The highest BCUT2D eigenvalue weighted by Gasteiger charge is 2.46. The second-order valence-electron chi connectivity index (χ2n) is 14.3. The molecule has 206 valence electrons. The topological polar surface area (TPSA) is 0 Å². The van der Waals surface area contributed by atoms with Crippen LogP contribution in [0.3, 0.4) is 0 Å². The molecule has 0 aromatic heterocycles. The lowest BCUT2D eigenvalue weighted by Gasteiger charge is -2.39. The van der Waals surface area contributed by atoms with Crippen molar-refractivity contribution in [3.63, 3.8) is 0 Å². The highest BCUT2D eigenvalue weighted by Crippen LogP contribution is 2.57. The number of unbranched alkanes of at least 4 members (excludes halogenated alkanes) is 2. The first-order valence-electron chi connectivity index (χ1n) is 15.7. The van der Waals surface area contributed by atoms with Gasteiger partial charge in [0, 0.05) is 5.41 Å². The maximum atomic E-state index is 2.64. The summed E-state index contributed by atoms with van der Waals surface area (Å²) in [6.45, 7) is 23.9. The molecule has 0 spiro atoms. The zero-order chi connectivity index (χ0) is 27.4. The molecular weight excluding hydrogens is 444 g/mol. The molecule has 0 heteroatoms. The molecule has 0 heterocycles. The maximum Gasteiger partial charge on any atom is 0.0220 e. The quantitative estimate of drug-likeness (QED) is 0.271. The van der Waals surface area contributed by atoms with Crippen LogP contribution in [-0.4, -0.2) is 0 Å². The van der Waals surface area contributed by atoms with Crippen molar-refractivity contribution < 1.29 is 0 Å². The summed E-state index contributed by atoms with van der Waals surface area (Å²) in [5.74, 6) is 1.55. The number of rotatable bonds is 12. The standard InChI is InChI=1S/C37H58/c1-11-15-17-27(13-3)25-37(26-28(14-4)18-16-12-2)33-23-29(35(5,6)7)19-21-31(33)32-22-20-30(24-34(32)37)36(8,9)10/h19-24,27-28H,11-18,25-26H2,1-10H3. The second-order valence-corrected chi connectivity index (χ2v) is 14.3. The van der Waals surface area contributed by atoms with E-state index in [0.29, 0.717) is 0 Å².